The van der Waals surface area contributed by atoms with Crippen molar-refractivity contribution < 1.29 is 4.42 Å². The molecule has 0 spiro atoms. The standard InChI is InChI=1S/C17H31N3O/c1-5-7-18-10-16-9-17(21-14(16)2)13-20(4)12-15-6-8-19(3)11-15/h9,15,18H,5-8,10-13H2,1-4H3. The molecule has 1 N–H and O–H groups in total. The molecular formula is C17H31N3O. The highest BCUT2D eigenvalue weighted by atomic mass is 16.3. The second kappa shape index (κ2) is 7.97. The average molecular weight is 293 g/mol. The van der Waals surface area contributed by atoms with Gasteiger partial charge < -0.3 is 14.6 Å². The Morgan fingerprint density at radius 3 is 2.95 bits per heavy atom. The number of hydrogen-bond donors (Lipinski definition) is 1. The fourth-order valence-electron chi connectivity index (χ4n) is 3.19. The minimum Gasteiger partial charge on any atom is -0.465 e. The summed E-state index contributed by atoms with van der Waals surface area (Å²) in [5.74, 6) is 2.96. The lowest BCUT2D eigenvalue weighted by atomic mass is 10.1. The predicted octanol–water partition coefficient (Wildman–Crippen LogP) is 2.47. The average Bonchev–Trinajstić information content (AvgIpc) is 2.96. The summed E-state index contributed by atoms with van der Waals surface area (Å²) in [6, 6.07) is 2.22. The Morgan fingerprint density at radius 1 is 1.48 bits per heavy atom. The molecular weight excluding hydrogens is 262 g/mol. The summed E-state index contributed by atoms with van der Waals surface area (Å²) >= 11 is 0. The third kappa shape index (κ3) is 5.13. The van der Waals surface area contributed by atoms with E-state index in [-0.39, 0.29) is 0 Å². The van der Waals surface area contributed by atoms with Crippen LogP contribution < -0.4 is 5.32 Å². The second-order valence-electron chi connectivity index (χ2n) is 6.58. The molecule has 2 heterocycles. The van der Waals surface area contributed by atoms with Crippen LogP contribution in [0.1, 0.15) is 36.8 Å². The van der Waals surface area contributed by atoms with Crippen molar-refractivity contribution >= 4 is 0 Å². The Kier molecular flexibility index (Phi) is 6.27. The van der Waals surface area contributed by atoms with Crippen molar-refractivity contribution in [2.45, 2.75) is 39.8 Å². The summed E-state index contributed by atoms with van der Waals surface area (Å²) < 4.78 is 5.91. The SMILES string of the molecule is CCCNCc1cc(CN(C)CC2CCN(C)C2)oc1C. The van der Waals surface area contributed by atoms with Crippen LogP contribution in [0.4, 0.5) is 0 Å². The van der Waals surface area contributed by atoms with E-state index in [4.69, 9.17) is 4.42 Å². The summed E-state index contributed by atoms with van der Waals surface area (Å²) in [5.41, 5.74) is 1.30. The van der Waals surface area contributed by atoms with Crippen molar-refractivity contribution in [2.75, 3.05) is 40.3 Å². The number of hydrogen-bond acceptors (Lipinski definition) is 4. The fourth-order valence-corrected chi connectivity index (χ4v) is 3.19. The number of likely N-dealkylation sites (tertiary alicyclic amines) is 1. The van der Waals surface area contributed by atoms with Crippen LogP contribution in [0.5, 0.6) is 0 Å². The monoisotopic (exact) mass is 293 g/mol. The number of nitrogens with one attached hydrogen (secondary N) is 1. The van der Waals surface area contributed by atoms with Crippen LogP contribution in [0.15, 0.2) is 10.5 Å². The van der Waals surface area contributed by atoms with Gasteiger partial charge in [0, 0.05) is 25.2 Å². The molecule has 1 unspecified atom stereocenters. The third-order valence-corrected chi connectivity index (χ3v) is 4.30. The molecule has 1 saturated heterocycles. The molecule has 1 aromatic heterocycles. The quantitative estimate of drug-likeness (QED) is 0.746. The molecule has 0 aromatic carbocycles. The largest absolute Gasteiger partial charge is 0.465 e. The molecule has 1 aromatic rings. The summed E-state index contributed by atoms with van der Waals surface area (Å²) in [6.07, 6.45) is 2.49. The van der Waals surface area contributed by atoms with Gasteiger partial charge >= 0.3 is 0 Å². The van der Waals surface area contributed by atoms with E-state index in [0.29, 0.717) is 0 Å². The van der Waals surface area contributed by atoms with Crippen molar-refractivity contribution in [1.82, 2.24) is 15.1 Å². The van der Waals surface area contributed by atoms with Gasteiger partial charge in [0.1, 0.15) is 11.5 Å². The van der Waals surface area contributed by atoms with E-state index >= 15 is 0 Å². The van der Waals surface area contributed by atoms with Crippen molar-refractivity contribution in [3.63, 3.8) is 0 Å². The maximum Gasteiger partial charge on any atom is 0.118 e. The zero-order valence-electron chi connectivity index (χ0n) is 14.1. The van der Waals surface area contributed by atoms with Gasteiger partial charge in [0.2, 0.25) is 0 Å². The molecule has 2 rings (SSSR count). The Hall–Kier alpha value is -0.840. The highest BCUT2D eigenvalue weighted by Gasteiger charge is 2.21. The highest BCUT2D eigenvalue weighted by Crippen LogP contribution is 2.19. The van der Waals surface area contributed by atoms with Gasteiger partial charge in [-0.1, -0.05) is 6.92 Å². The van der Waals surface area contributed by atoms with Crippen molar-refractivity contribution in [2.24, 2.45) is 5.92 Å². The van der Waals surface area contributed by atoms with E-state index in [2.05, 4.69) is 49.1 Å². The van der Waals surface area contributed by atoms with Gasteiger partial charge in [0.15, 0.2) is 0 Å². The molecule has 0 bridgehead atoms. The lowest BCUT2D eigenvalue weighted by Gasteiger charge is -2.19. The van der Waals surface area contributed by atoms with Gasteiger partial charge in [0.25, 0.3) is 0 Å². The van der Waals surface area contributed by atoms with Gasteiger partial charge in [-0.3, -0.25) is 4.90 Å². The molecule has 0 radical (unpaired) electrons. The van der Waals surface area contributed by atoms with Gasteiger partial charge in [0.05, 0.1) is 6.54 Å². The first-order valence-corrected chi connectivity index (χ1v) is 8.24. The van der Waals surface area contributed by atoms with Crippen LogP contribution in [-0.4, -0.2) is 50.1 Å². The van der Waals surface area contributed by atoms with Crippen LogP contribution in [0.3, 0.4) is 0 Å². The van der Waals surface area contributed by atoms with Gasteiger partial charge in [-0.2, -0.15) is 0 Å². The summed E-state index contributed by atoms with van der Waals surface area (Å²) in [6.45, 7) is 10.8. The second-order valence-corrected chi connectivity index (χ2v) is 6.58. The van der Waals surface area contributed by atoms with Crippen molar-refractivity contribution in [3.05, 3.63) is 23.2 Å². The van der Waals surface area contributed by atoms with Crippen molar-refractivity contribution in [1.29, 1.82) is 0 Å². The van der Waals surface area contributed by atoms with E-state index in [1.165, 1.54) is 31.5 Å². The van der Waals surface area contributed by atoms with Gasteiger partial charge in [-0.15, -0.1) is 0 Å². The first-order valence-electron chi connectivity index (χ1n) is 8.24. The number of nitrogens with zero attached hydrogens (tertiary/aromatic N) is 2. The van der Waals surface area contributed by atoms with Gasteiger partial charge in [-0.05, 0) is 58.9 Å². The molecule has 0 saturated carbocycles. The van der Waals surface area contributed by atoms with E-state index in [1.54, 1.807) is 0 Å². The molecule has 1 aliphatic rings. The molecule has 1 atom stereocenters. The Morgan fingerprint density at radius 2 is 2.29 bits per heavy atom. The van der Waals surface area contributed by atoms with Crippen LogP contribution >= 0.6 is 0 Å². The summed E-state index contributed by atoms with van der Waals surface area (Å²) in [7, 11) is 4.41. The van der Waals surface area contributed by atoms with E-state index in [9.17, 15) is 0 Å². The van der Waals surface area contributed by atoms with E-state index < -0.39 is 0 Å². The van der Waals surface area contributed by atoms with Crippen LogP contribution in [0.25, 0.3) is 0 Å². The smallest absolute Gasteiger partial charge is 0.118 e. The topological polar surface area (TPSA) is 31.6 Å². The molecule has 0 aliphatic carbocycles. The van der Waals surface area contributed by atoms with Crippen LogP contribution in [0, 0.1) is 12.8 Å². The maximum atomic E-state index is 5.91. The minimum absolute atomic E-state index is 0.807. The first kappa shape index (κ1) is 16.5. The number of aryl methyl sites for hydroxylation is 1. The molecule has 21 heavy (non-hydrogen) atoms. The van der Waals surface area contributed by atoms with Gasteiger partial charge in [-0.25, -0.2) is 0 Å². The summed E-state index contributed by atoms with van der Waals surface area (Å²) in [4.78, 5) is 4.82. The minimum atomic E-state index is 0.807. The maximum absolute atomic E-state index is 5.91. The molecule has 0 amide bonds. The fraction of sp³-hybridized carbons (Fsp3) is 0.765. The normalized spacial score (nSPS) is 19.8. The third-order valence-electron chi connectivity index (χ3n) is 4.30. The summed E-state index contributed by atoms with van der Waals surface area (Å²) in [5, 5.41) is 3.44. The first-order chi connectivity index (χ1) is 10.1. The van der Waals surface area contributed by atoms with Crippen molar-refractivity contribution in [3.8, 4) is 0 Å². The van der Waals surface area contributed by atoms with E-state index in [1.807, 2.05) is 0 Å². The zero-order valence-corrected chi connectivity index (χ0v) is 14.1. The van der Waals surface area contributed by atoms with E-state index in [0.717, 1.165) is 43.6 Å². The molecule has 120 valence electrons. The Bertz CT molecular complexity index is 430. The lowest BCUT2D eigenvalue weighted by Crippen LogP contribution is -2.26. The Balaban J connectivity index is 1.80. The molecule has 1 aliphatic heterocycles. The number of rotatable bonds is 8. The van der Waals surface area contributed by atoms with Crippen LogP contribution in [-0.2, 0) is 13.1 Å². The molecule has 1 fully saturated rings. The molecule has 4 heteroatoms. The number of furan rings is 1. The predicted molar refractivity (Wildman–Crippen MR) is 87.4 cm³/mol. The molecule has 4 nitrogen and oxygen atoms in total. The zero-order chi connectivity index (χ0) is 15.2. The highest BCUT2D eigenvalue weighted by molar-refractivity contribution is 5.20. The lowest BCUT2D eigenvalue weighted by molar-refractivity contribution is 0.247. The van der Waals surface area contributed by atoms with Crippen LogP contribution in [0.2, 0.25) is 0 Å². The Labute approximate surface area is 129 Å².